The molecule has 2 aliphatic heterocycles. The average Bonchev–Trinajstić information content (AvgIpc) is 3.44. The van der Waals surface area contributed by atoms with Crippen molar-refractivity contribution in [2.24, 2.45) is 10.7 Å². The molecule has 2 fully saturated rings. The fraction of sp³-hybridized carbons (Fsp3) is 0.417. The van der Waals surface area contributed by atoms with Crippen molar-refractivity contribution in [3.8, 4) is 0 Å². The molecule has 3 aromatic rings. The number of ether oxygens (including phenoxy) is 2. The number of hydrogen-bond donors (Lipinski definition) is 2. The number of rotatable bonds is 4. The molecular weight excluding hydrogens is 392 g/mol. The molecule has 162 valence electrons. The van der Waals surface area contributed by atoms with Crippen LogP contribution in [0.1, 0.15) is 42.1 Å². The summed E-state index contributed by atoms with van der Waals surface area (Å²) in [7, 11) is 0. The lowest BCUT2D eigenvalue weighted by molar-refractivity contribution is 0.0717. The summed E-state index contributed by atoms with van der Waals surface area (Å²) in [6, 6.07) is 14.6. The first-order valence-electron chi connectivity index (χ1n) is 11.0. The van der Waals surface area contributed by atoms with Gasteiger partial charge in [-0.05, 0) is 43.9 Å². The summed E-state index contributed by atoms with van der Waals surface area (Å²) in [5.41, 5.74) is 8.78. The highest BCUT2D eigenvalue weighted by Gasteiger charge is 2.22. The van der Waals surface area contributed by atoms with Crippen molar-refractivity contribution in [3.05, 3.63) is 48.0 Å². The SMILES string of the molecule is NC(=NC[C@@H]1CCCO1)NC(=O)c1ccc2c3ccccc3n(C3CCOCC3)c2c1. The summed E-state index contributed by atoms with van der Waals surface area (Å²) in [6.07, 6.45) is 4.06. The molecule has 31 heavy (non-hydrogen) atoms. The van der Waals surface area contributed by atoms with Gasteiger partial charge in [-0.25, -0.2) is 0 Å². The summed E-state index contributed by atoms with van der Waals surface area (Å²) < 4.78 is 13.5. The highest BCUT2D eigenvalue weighted by atomic mass is 16.5. The summed E-state index contributed by atoms with van der Waals surface area (Å²) in [5, 5.41) is 5.08. The van der Waals surface area contributed by atoms with Crippen molar-refractivity contribution in [2.45, 2.75) is 37.8 Å². The Kier molecular flexibility index (Phi) is 5.61. The van der Waals surface area contributed by atoms with Crippen molar-refractivity contribution < 1.29 is 14.3 Å². The number of nitrogens with zero attached hydrogens (tertiary/aromatic N) is 2. The second-order valence-corrected chi connectivity index (χ2v) is 8.28. The summed E-state index contributed by atoms with van der Waals surface area (Å²) in [4.78, 5) is 17.1. The van der Waals surface area contributed by atoms with Crippen LogP contribution in [0.25, 0.3) is 21.8 Å². The molecule has 7 heteroatoms. The van der Waals surface area contributed by atoms with E-state index in [1.807, 2.05) is 18.2 Å². The highest BCUT2D eigenvalue weighted by Crippen LogP contribution is 2.35. The predicted molar refractivity (Wildman–Crippen MR) is 121 cm³/mol. The molecule has 2 aromatic carbocycles. The van der Waals surface area contributed by atoms with Crippen LogP contribution in [0.3, 0.4) is 0 Å². The number of amides is 1. The Morgan fingerprint density at radius 2 is 1.87 bits per heavy atom. The van der Waals surface area contributed by atoms with Gasteiger partial charge in [0.25, 0.3) is 5.91 Å². The Morgan fingerprint density at radius 1 is 1.06 bits per heavy atom. The van der Waals surface area contributed by atoms with E-state index in [1.54, 1.807) is 0 Å². The molecule has 2 aliphatic rings. The van der Waals surface area contributed by atoms with Crippen molar-refractivity contribution in [1.82, 2.24) is 9.88 Å². The zero-order valence-electron chi connectivity index (χ0n) is 17.5. The fourth-order valence-corrected chi connectivity index (χ4v) is 4.69. The molecule has 2 saturated heterocycles. The highest BCUT2D eigenvalue weighted by molar-refractivity contribution is 6.12. The van der Waals surface area contributed by atoms with Crippen LogP contribution < -0.4 is 11.1 Å². The molecular formula is C24H28N4O3. The van der Waals surface area contributed by atoms with Crippen LogP contribution >= 0.6 is 0 Å². The fourth-order valence-electron chi connectivity index (χ4n) is 4.69. The molecule has 0 radical (unpaired) electrons. The maximum absolute atomic E-state index is 12.9. The smallest absolute Gasteiger partial charge is 0.258 e. The number of benzene rings is 2. The zero-order chi connectivity index (χ0) is 21.2. The van der Waals surface area contributed by atoms with Gasteiger partial charge in [0.1, 0.15) is 0 Å². The Labute approximate surface area is 181 Å². The molecule has 5 rings (SSSR count). The van der Waals surface area contributed by atoms with Crippen LogP contribution in [0.2, 0.25) is 0 Å². The number of hydrogen-bond acceptors (Lipinski definition) is 4. The lowest BCUT2D eigenvalue weighted by Gasteiger charge is -2.25. The third-order valence-corrected chi connectivity index (χ3v) is 6.26. The number of aromatic nitrogens is 1. The van der Waals surface area contributed by atoms with Gasteiger partial charge in [-0.3, -0.25) is 15.1 Å². The van der Waals surface area contributed by atoms with E-state index < -0.39 is 0 Å². The third kappa shape index (κ3) is 4.03. The van der Waals surface area contributed by atoms with Crippen molar-refractivity contribution in [3.63, 3.8) is 0 Å². The average molecular weight is 421 g/mol. The van der Waals surface area contributed by atoms with Crippen LogP contribution in [0.15, 0.2) is 47.5 Å². The van der Waals surface area contributed by atoms with Crippen molar-refractivity contribution in [1.29, 1.82) is 0 Å². The minimum absolute atomic E-state index is 0.0991. The molecule has 1 amide bonds. The van der Waals surface area contributed by atoms with Gasteiger partial charge in [0, 0.05) is 47.7 Å². The Balaban J connectivity index is 1.45. The van der Waals surface area contributed by atoms with Crippen molar-refractivity contribution >= 4 is 33.7 Å². The topological polar surface area (TPSA) is 90.9 Å². The van der Waals surface area contributed by atoms with Gasteiger partial charge in [-0.2, -0.15) is 0 Å². The number of para-hydroxylation sites is 1. The minimum Gasteiger partial charge on any atom is -0.381 e. The number of carbonyl (C=O) groups excluding carboxylic acids is 1. The number of carbonyl (C=O) groups is 1. The largest absolute Gasteiger partial charge is 0.381 e. The third-order valence-electron chi connectivity index (χ3n) is 6.26. The number of nitrogens with two attached hydrogens (primary N) is 1. The van der Waals surface area contributed by atoms with Gasteiger partial charge in [0.15, 0.2) is 5.96 Å². The van der Waals surface area contributed by atoms with Crippen LogP contribution in [0.4, 0.5) is 0 Å². The molecule has 0 unspecified atom stereocenters. The van der Waals surface area contributed by atoms with Gasteiger partial charge in [0.2, 0.25) is 0 Å². The van der Waals surface area contributed by atoms with Gasteiger partial charge in [-0.1, -0.05) is 24.3 Å². The van der Waals surface area contributed by atoms with E-state index in [0.717, 1.165) is 56.4 Å². The van der Waals surface area contributed by atoms with E-state index >= 15 is 0 Å². The molecule has 0 bridgehead atoms. The Bertz CT molecular complexity index is 1120. The Hall–Kier alpha value is -2.90. The van der Waals surface area contributed by atoms with Crippen LogP contribution in [0.5, 0.6) is 0 Å². The van der Waals surface area contributed by atoms with E-state index in [0.29, 0.717) is 18.2 Å². The first-order valence-corrected chi connectivity index (χ1v) is 11.0. The van der Waals surface area contributed by atoms with Crippen LogP contribution in [-0.2, 0) is 9.47 Å². The summed E-state index contributed by atoms with van der Waals surface area (Å²) in [6.45, 7) is 2.77. The monoisotopic (exact) mass is 420 g/mol. The quantitative estimate of drug-likeness (QED) is 0.500. The molecule has 3 heterocycles. The van der Waals surface area contributed by atoms with E-state index in [2.05, 4.69) is 39.1 Å². The van der Waals surface area contributed by atoms with E-state index in [9.17, 15) is 4.79 Å². The molecule has 1 atom stereocenters. The Morgan fingerprint density at radius 3 is 2.68 bits per heavy atom. The van der Waals surface area contributed by atoms with Gasteiger partial charge in [0.05, 0.1) is 18.2 Å². The van der Waals surface area contributed by atoms with Crippen molar-refractivity contribution in [2.75, 3.05) is 26.4 Å². The normalized spacial score (nSPS) is 20.5. The predicted octanol–water partition coefficient (Wildman–Crippen LogP) is 3.37. The van der Waals surface area contributed by atoms with E-state index in [1.165, 1.54) is 10.9 Å². The maximum Gasteiger partial charge on any atom is 0.258 e. The lowest BCUT2D eigenvalue weighted by atomic mass is 10.1. The molecule has 3 N–H and O–H groups in total. The molecule has 1 aromatic heterocycles. The zero-order valence-corrected chi connectivity index (χ0v) is 17.5. The number of aliphatic imine (C=N–C) groups is 1. The molecule has 7 nitrogen and oxygen atoms in total. The molecule has 0 aliphatic carbocycles. The van der Waals surface area contributed by atoms with Gasteiger partial charge >= 0.3 is 0 Å². The number of guanidine groups is 1. The summed E-state index contributed by atoms with van der Waals surface area (Å²) >= 11 is 0. The minimum atomic E-state index is -0.251. The first-order chi connectivity index (χ1) is 15.2. The molecule has 0 spiro atoms. The second-order valence-electron chi connectivity index (χ2n) is 8.28. The number of fused-ring (bicyclic) bond motifs is 3. The van der Waals surface area contributed by atoms with E-state index in [-0.39, 0.29) is 18.0 Å². The number of nitrogens with one attached hydrogen (secondary N) is 1. The van der Waals surface area contributed by atoms with Gasteiger partial charge < -0.3 is 19.8 Å². The first kappa shape index (κ1) is 20.0. The second kappa shape index (κ2) is 8.69. The molecule has 0 saturated carbocycles. The summed E-state index contributed by atoms with van der Waals surface area (Å²) in [5.74, 6) is -0.121. The van der Waals surface area contributed by atoms with Gasteiger partial charge in [-0.15, -0.1) is 0 Å². The standard InChI is InChI=1S/C24H28N4O3/c25-24(26-15-18-4-3-11-31-18)27-23(29)16-7-8-20-19-5-1-2-6-21(19)28(22(20)14-16)17-9-12-30-13-10-17/h1-2,5-8,14,17-18H,3-4,9-13,15H2,(H3,25,26,27,29)/t18-/m0/s1. The van der Waals surface area contributed by atoms with Crippen LogP contribution in [0, 0.1) is 0 Å². The lowest BCUT2D eigenvalue weighted by Crippen LogP contribution is -2.37. The van der Waals surface area contributed by atoms with Crippen LogP contribution in [-0.4, -0.2) is 48.9 Å². The maximum atomic E-state index is 12.9. The van der Waals surface area contributed by atoms with E-state index in [4.69, 9.17) is 15.2 Å².